The van der Waals surface area contributed by atoms with Gasteiger partial charge in [0.25, 0.3) is 5.91 Å². The van der Waals surface area contributed by atoms with Crippen LogP contribution >= 0.6 is 0 Å². The van der Waals surface area contributed by atoms with Gasteiger partial charge in [0.05, 0.1) is 28.7 Å². The van der Waals surface area contributed by atoms with Crippen LogP contribution in [-0.2, 0) is 12.6 Å². The van der Waals surface area contributed by atoms with E-state index in [4.69, 9.17) is 0 Å². The highest BCUT2D eigenvalue weighted by molar-refractivity contribution is 6.07. The van der Waals surface area contributed by atoms with Crippen molar-refractivity contribution in [1.29, 1.82) is 0 Å². The quantitative estimate of drug-likeness (QED) is 0.705. The van der Waals surface area contributed by atoms with Gasteiger partial charge in [-0.3, -0.25) is 9.78 Å². The van der Waals surface area contributed by atoms with Crippen LogP contribution in [0.2, 0.25) is 0 Å². The van der Waals surface area contributed by atoms with E-state index in [2.05, 4.69) is 10.1 Å². The number of pyridine rings is 1. The molecule has 0 aliphatic carbocycles. The topological polar surface area (TPSA) is 51.0 Å². The highest BCUT2D eigenvalue weighted by Gasteiger charge is 2.33. The molecule has 5 nitrogen and oxygen atoms in total. The van der Waals surface area contributed by atoms with Crippen molar-refractivity contribution < 1.29 is 18.0 Å². The van der Waals surface area contributed by atoms with Gasteiger partial charge in [-0.1, -0.05) is 6.07 Å². The van der Waals surface area contributed by atoms with Gasteiger partial charge in [-0.15, -0.1) is 0 Å². The number of halogens is 3. The molecule has 3 aromatic rings. The Labute approximate surface area is 146 Å². The van der Waals surface area contributed by atoms with Crippen LogP contribution in [0.25, 0.3) is 5.69 Å². The molecule has 2 aromatic heterocycles. The average Bonchev–Trinajstić information content (AvgIpc) is 3.07. The Balaban J connectivity index is 1.68. The summed E-state index contributed by atoms with van der Waals surface area (Å²) in [6.07, 6.45) is 0.852. The third-order valence-corrected chi connectivity index (χ3v) is 4.23. The van der Waals surface area contributed by atoms with E-state index in [0.29, 0.717) is 23.4 Å². The van der Waals surface area contributed by atoms with E-state index in [1.807, 2.05) is 0 Å². The molecule has 3 heterocycles. The van der Waals surface area contributed by atoms with Gasteiger partial charge in [-0.05, 0) is 30.3 Å². The molecule has 1 aliphatic rings. The van der Waals surface area contributed by atoms with Gasteiger partial charge in [0.2, 0.25) is 0 Å². The molecule has 4 rings (SSSR count). The van der Waals surface area contributed by atoms with Gasteiger partial charge in [0, 0.05) is 31.0 Å². The molecule has 0 saturated carbocycles. The molecule has 0 saturated heterocycles. The summed E-state index contributed by atoms with van der Waals surface area (Å²) in [6, 6.07) is 8.36. The van der Waals surface area contributed by atoms with Crippen LogP contribution in [0.5, 0.6) is 0 Å². The van der Waals surface area contributed by atoms with Crippen LogP contribution in [0.4, 0.5) is 18.9 Å². The lowest BCUT2D eigenvalue weighted by molar-refractivity contribution is -0.137. The van der Waals surface area contributed by atoms with Crippen LogP contribution in [0.3, 0.4) is 0 Å². The minimum Gasteiger partial charge on any atom is -0.308 e. The van der Waals surface area contributed by atoms with E-state index >= 15 is 0 Å². The van der Waals surface area contributed by atoms with E-state index in [1.165, 1.54) is 17.0 Å². The predicted octanol–water partition coefficient (Wildman–Crippen LogP) is 3.49. The molecular formula is C18H13F3N4O. The summed E-state index contributed by atoms with van der Waals surface area (Å²) >= 11 is 0. The monoisotopic (exact) mass is 358 g/mol. The highest BCUT2D eigenvalue weighted by atomic mass is 19.4. The molecule has 0 atom stereocenters. The summed E-state index contributed by atoms with van der Waals surface area (Å²) in [4.78, 5) is 18.2. The Kier molecular flexibility index (Phi) is 3.75. The molecule has 26 heavy (non-hydrogen) atoms. The number of carbonyl (C=O) groups is 1. The van der Waals surface area contributed by atoms with Gasteiger partial charge in [-0.25, -0.2) is 4.68 Å². The number of carbonyl (C=O) groups excluding carboxylic acids is 1. The summed E-state index contributed by atoms with van der Waals surface area (Å²) in [5.41, 5.74) is 1.17. The third kappa shape index (κ3) is 2.83. The van der Waals surface area contributed by atoms with Crippen LogP contribution < -0.4 is 4.90 Å². The molecular weight excluding hydrogens is 345 g/mol. The fourth-order valence-electron chi connectivity index (χ4n) is 2.96. The van der Waals surface area contributed by atoms with Crippen LogP contribution in [0.15, 0.2) is 55.0 Å². The fraction of sp³-hybridized carbons (Fsp3) is 0.167. The number of rotatable bonds is 2. The summed E-state index contributed by atoms with van der Waals surface area (Å²) in [5, 5.41) is 4.41. The van der Waals surface area contributed by atoms with E-state index in [-0.39, 0.29) is 18.1 Å². The number of benzene rings is 1. The second-order valence-corrected chi connectivity index (χ2v) is 5.90. The molecule has 0 radical (unpaired) electrons. The van der Waals surface area contributed by atoms with Crippen molar-refractivity contribution >= 4 is 11.6 Å². The maximum Gasteiger partial charge on any atom is 0.416 e. The molecule has 0 bridgehead atoms. The van der Waals surface area contributed by atoms with Crippen molar-refractivity contribution in [2.75, 3.05) is 11.4 Å². The van der Waals surface area contributed by atoms with Gasteiger partial charge >= 0.3 is 6.18 Å². The van der Waals surface area contributed by atoms with E-state index < -0.39 is 11.7 Å². The van der Waals surface area contributed by atoms with Gasteiger partial charge < -0.3 is 4.90 Å². The number of alkyl halides is 3. The first-order valence-corrected chi connectivity index (χ1v) is 7.91. The van der Waals surface area contributed by atoms with Gasteiger partial charge in [0.1, 0.15) is 0 Å². The molecule has 8 heteroatoms. The largest absolute Gasteiger partial charge is 0.416 e. The molecule has 1 aliphatic heterocycles. The maximum atomic E-state index is 12.9. The van der Waals surface area contributed by atoms with Gasteiger partial charge in [-0.2, -0.15) is 18.3 Å². The Morgan fingerprint density at radius 3 is 2.62 bits per heavy atom. The van der Waals surface area contributed by atoms with Gasteiger partial charge in [0.15, 0.2) is 0 Å². The molecule has 1 amide bonds. The highest BCUT2D eigenvalue weighted by Crippen LogP contribution is 2.33. The fourth-order valence-corrected chi connectivity index (χ4v) is 2.96. The number of hydrogen-bond donors (Lipinski definition) is 0. The van der Waals surface area contributed by atoms with Crippen LogP contribution in [0, 0.1) is 0 Å². The van der Waals surface area contributed by atoms with E-state index in [9.17, 15) is 18.0 Å². The molecule has 0 unspecified atom stereocenters. The van der Waals surface area contributed by atoms with Crippen LogP contribution in [0.1, 0.15) is 21.6 Å². The lowest BCUT2D eigenvalue weighted by Crippen LogP contribution is -2.37. The summed E-state index contributed by atoms with van der Waals surface area (Å²) in [7, 11) is 0. The SMILES string of the molecule is O=C1c2cn(-c3cccnc3)nc2CCN1c1cccc(C(F)(F)F)c1. The Hall–Kier alpha value is -3.16. The first-order valence-electron chi connectivity index (χ1n) is 7.91. The summed E-state index contributed by atoms with van der Waals surface area (Å²) in [6.45, 7) is 0.275. The number of amides is 1. The molecule has 0 N–H and O–H groups in total. The smallest absolute Gasteiger partial charge is 0.308 e. The number of nitrogens with zero attached hydrogens (tertiary/aromatic N) is 4. The zero-order chi connectivity index (χ0) is 18.3. The van der Waals surface area contributed by atoms with Crippen molar-refractivity contribution in [3.05, 3.63) is 71.8 Å². The van der Waals surface area contributed by atoms with Crippen molar-refractivity contribution in [2.24, 2.45) is 0 Å². The lowest BCUT2D eigenvalue weighted by atomic mass is 10.1. The second-order valence-electron chi connectivity index (χ2n) is 5.90. The number of fused-ring (bicyclic) bond motifs is 1. The molecule has 0 fully saturated rings. The Bertz CT molecular complexity index is 966. The lowest BCUT2D eigenvalue weighted by Gasteiger charge is -2.26. The van der Waals surface area contributed by atoms with E-state index in [0.717, 1.165) is 12.1 Å². The zero-order valence-corrected chi connectivity index (χ0v) is 13.4. The minimum atomic E-state index is -4.45. The van der Waals surface area contributed by atoms with Crippen molar-refractivity contribution in [3.8, 4) is 5.69 Å². The second kappa shape index (κ2) is 5.98. The van der Waals surface area contributed by atoms with Crippen LogP contribution in [-0.4, -0.2) is 27.2 Å². The number of aromatic nitrogens is 3. The minimum absolute atomic E-state index is 0.226. The number of hydrogen-bond acceptors (Lipinski definition) is 3. The molecule has 132 valence electrons. The molecule has 1 aromatic carbocycles. The average molecular weight is 358 g/mol. The normalized spacial score (nSPS) is 14.4. The standard InChI is InChI=1S/C18H13F3N4O/c19-18(20,21)12-3-1-4-13(9-12)24-8-6-16-15(17(24)26)11-25(23-16)14-5-2-7-22-10-14/h1-5,7,9-11H,6,8H2. The zero-order valence-electron chi connectivity index (χ0n) is 13.4. The summed E-state index contributed by atoms with van der Waals surface area (Å²) in [5.74, 6) is -0.360. The van der Waals surface area contributed by atoms with Crippen molar-refractivity contribution in [2.45, 2.75) is 12.6 Å². The maximum absolute atomic E-state index is 12.9. The molecule has 0 spiro atoms. The number of anilines is 1. The van der Waals surface area contributed by atoms with E-state index in [1.54, 1.807) is 35.4 Å². The third-order valence-electron chi connectivity index (χ3n) is 4.23. The summed E-state index contributed by atoms with van der Waals surface area (Å²) < 4.78 is 40.4. The van der Waals surface area contributed by atoms with Crippen molar-refractivity contribution in [3.63, 3.8) is 0 Å². The Morgan fingerprint density at radius 1 is 1.08 bits per heavy atom. The predicted molar refractivity (Wildman–Crippen MR) is 88.2 cm³/mol. The first kappa shape index (κ1) is 16.3. The first-order chi connectivity index (χ1) is 12.4. The van der Waals surface area contributed by atoms with Crippen molar-refractivity contribution in [1.82, 2.24) is 14.8 Å². The Morgan fingerprint density at radius 2 is 1.88 bits per heavy atom.